The van der Waals surface area contributed by atoms with Crippen LogP contribution in [0.1, 0.15) is 31.3 Å². The zero-order valence-electron chi connectivity index (χ0n) is 12.2. The third kappa shape index (κ3) is 2.37. The fourth-order valence-corrected chi connectivity index (χ4v) is 3.42. The number of carbonyl (C=O) groups excluding carboxylic acids is 2. The molecule has 2 unspecified atom stereocenters. The number of likely N-dealkylation sites (tertiary alicyclic amines) is 1. The maximum absolute atomic E-state index is 12.4. The summed E-state index contributed by atoms with van der Waals surface area (Å²) in [7, 11) is 0. The molecule has 3 rings (SSSR count). The smallest absolute Gasteiger partial charge is 0.233 e. The molecule has 21 heavy (non-hydrogen) atoms. The normalized spacial score (nSPS) is 28.1. The van der Waals surface area contributed by atoms with Crippen LogP contribution in [0.5, 0.6) is 0 Å². The maximum Gasteiger partial charge on any atom is 0.233 e. The summed E-state index contributed by atoms with van der Waals surface area (Å²) in [4.78, 5) is 34.6. The van der Waals surface area contributed by atoms with Gasteiger partial charge in [0.05, 0.1) is 18.4 Å². The zero-order chi connectivity index (χ0) is 15.1. The highest BCUT2D eigenvalue weighted by Gasteiger charge is 2.51. The molecule has 7 nitrogen and oxygen atoms in total. The largest absolute Gasteiger partial charge is 0.308 e. The van der Waals surface area contributed by atoms with Crippen LogP contribution in [-0.4, -0.2) is 26.7 Å². The van der Waals surface area contributed by atoms with Crippen LogP contribution >= 0.6 is 0 Å². The van der Waals surface area contributed by atoms with Crippen LogP contribution in [0.3, 0.4) is 0 Å². The van der Waals surface area contributed by atoms with Gasteiger partial charge in [0.2, 0.25) is 11.8 Å². The molecular weight excluding hydrogens is 270 g/mol. The molecule has 2 atom stereocenters. The Morgan fingerprint density at radius 2 is 1.90 bits per heavy atom. The Morgan fingerprint density at radius 1 is 1.29 bits per heavy atom. The highest BCUT2D eigenvalue weighted by Crippen LogP contribution is 2.43. The first-order valence-corrected chi connectivity index (χ1v) is 7.16. The number of nitrogens with zero attached hydrogens (tertiary/aromatic N) is 3. The van der Waals surface area contributed by atoms with Gasteiger partial charge in [-0.2, -0.15) is 0 Å². The summed E-state index contributed by atoms with van der Waals surface area (Å²) in [5.74, 6) is 6.24. The predicted molar refractivity (Wildman–Crippen MR) is 75.5 cm³/mol. The lowest BCUT2D eigenvalue weighted by Gasteiger charge is -2.16. The van der Waals surface area contributed by atoms with E-state index in [0.29, 0.717) is 17.6 Å². The number of anilines is 1. The van der Waals surface area contributed by atoms with Gasteiger partial charge >= 0.3 is 0 Å². The van der Waals surface area contributed by atoms with E-state index in [9.17, 15) is 9.59 Å². The summed E-state index contributed by atoms with van der Waals surface area (Å²) in [5, 5.41) is 0. The Bertz CT molecular complexity index is 579. The second-order valence-corrected chi connectivity index (χ2v) is 6.01. The fourth-order valence-electron chi connectivity index (χ4n) is 3.42. The molecule has 2 fully saturated rings. The Morgan fingerprint density at radius 3 is 2.48 bits per heavy atom. The van der Waals surface area contributed by atoms with Crippen LogP contribution in [0.25, 0.3) is 0 Å². The quantitative estimate of drug-likeness (QED) is 0.480. The number of hydrogen-bond donors (Lipinski definition) is 2. The van der Waals surface area contributed by atoms with E-state index in [-0.39, 0.29) is 30.2 Å². The lowest BCUT2D eigenvalue weighted by atomic mass is 10.00. The topological polar surface area (TPSA) is 101 Å². The van der Waals surface area contributed by atoms with Gasteiger partial charge in [0.15, 0.2) is 5.82 Å². The van der Waals surface area contributed by atoms with Crippen LogP contribution in [0.2, 0.25) is 0 Å². The van der Waals surface area contributed by atoms with Crippen molar-refractivity contribution in [2.75, 3.05) is 5.43 Å². The van der Waals surface area contributed by atoms with Crippen molar-refractivity contribution in [3.63, 3.8) is 0 Å². The third-order valence-corrected chi connectivity index (χ3v) is 4.31. The standard InChI is InChI=1S/C14H19N5O2/c1-7-3-9-10(4-7)14(21)19(13(9)20)6-12-16-8(2)5-11(17-12)18-15/h5,7,9-10H,3-4,6,15H2,1-2H3,(H,16,17,18). The van der Waals surface area contributed by atoms with Gasteiger partial charge < -0.3 is 5.43 Å². The first-order chi connectivity index (χ1) is 9.99. The summed E-state index contributed by atoms with van der Waals surface area (Å²) in [5.41, 5.74) is 3.20. The number of nitrogens with two attached hydrogens (primary N) is 1. The molecule has 112 valence electrons. The van der Waals surface area contributed by atoms with Gasteiger partial charge in [-0.15, -0.1) is 0 Å². The van der Waals surface area contributed by atoms with Gasteiger partial charge in [0.1, 0.15) is 5.82 Å². The summed E-state index contributed by atoms with van der Waals surface area (Å²) >= 11 is 0. The van der Waals surface area contributed by atoms with Gasteiger partial charge in [0, 0.05) is 11.8 Å². The highest BCUT2D eigenvalue weighted by atomic mass is 16.2. The van der Waals surface area contributed by atoms with E-state index in [1.807, 2.05) is 6.92 Å². The van der Waals surface area contributed by atoms with Crippen LogP contribution in [0.15, 0.2) is 6.07 Å². The first kappa shape index (κ1) is 13.9. The summed E-state index contributed by atoms with van der Waals surface area (Å²) in [6, 6.07) is 1.70. The van der Waals surface area contributed by atoms with Crippen molar-refractivity contribution >= 4 is 17.6 Å². The number of rotatable bonds is 3. The average Bonchev–Trinajstić information content (AvgIpc) is 2.92. The van der Waals surface area contributed by atoms with Crippen molar-refractivity contribution < 1.29 is 9.59 Å². The molecule has 1 aromatic heterocycles. The second kappa shape index (κ2) is 5.07. The van der Waals surface area contributed by atoms with Crippen molar-refractivity contribution in [1.29, 1.82) is 0 Å². The number of hydrazine groups is 1. The van der Waals surface area contributed by atoms with Crippen LogP contribution in [-0.2, 0) is 16.1 Å². The van der Waals surface area contributed by atoms with Crippen LogP contribution in [0, 0.1) is 24.7 Å². The Balaban J connectivity index is 1.81. The summed E-state index contributed by atoms with van der Waals surface area (Å²) < 4.78 is 0. The van der Waals surface area contributed by atoms with Gasteiger partial charge in [-0.25, -0.2) is 15.8 Å². The molecule has 2 heterocycles. The molecule has 7 heteroatoms. The molecule has 0 spiro atoms. The minimum Gasteiger partial charge on any atom is -0.308 e. The molecule has 1 saturated carbocycles. The van der Waals surface area contributed by atoms with E-state index in [0.717, 1.165) is 18.5 Å². The molecule has 1 saturated heterocycles. The highest BCUT2D eigenvalue weighted by molar-refractivity contribution is 6.05. The molecule has 2 aliphatic rings. The number of nitrogen functional groups attached to an aromatic ring is 1. The Kier molecular flexibility index (Phi) is 3.36. The van der Waals surface area contributed by atoms with E-state index >= 15 is 0 Å². The second-order valence-electron chi connectivity index (χ2n) is 6.01. The number of hydrogen-bond acceptors (Lipinski definition) is 6. The number of imide groups is 1. The van der Waals surface area contributed by atoms with Crippen molar-refractivity contribution in [1.82, 2.24) is 14.9 Å². The van der Waals surface area contributed by atoms with E-state index in [1.165, 1.54) is 4.90 Å². The minimum absolute atomic E-state index is 0.0817. The Labute approximate surface area is 122 Å². The molecule has 1 aliphatic carbocycles. The number of carbonyl (C=O) groups is 2. The number of nitrogens with one attached hydrogen (secondary N) is 1. The molecule has 0 bridgehead atoms. The third-order valence-electron chi connectivity index (χ3n) is 4.31. The van der Waals surface area contributed by atoms with Crippen LogP contribution < -0.4 is 11.3 Å². The monoisotopic (exact) mass is 289 g/mol. The predicted octanol–water partition coefficient (Wildman–Crippen LogP) is 0.602. The van der Waals surface area contributed by atoms with E-state index in [2.05, 4.69) is 22.3 Å². The SMILES string of the molecule is Cc1cc(NN)nc(CN2C(=O)C3CC(C)CC3C2=O)n1. The van der Waals surface area contributed by atoms with Crippen LogP contribution in [0.4, 0.5) is 5.82 Å². The number of aryl methyl sites for hydroxylation is 1. The number of fused-ring (bicyclic) bond motifs is 1. The molecule has 3 N–H and O–H groups in total. The molecule has 0 aromatic carbocycles. The van der Waals surface area contributed by atoms with Crippen molar-refractivity contribution in [2.45, 2.75) is 33.2 Å². The van der Waals surface area contributed by atoms with Crippen molar-refractivity contribution in [2.24, 2.45) is 23.6 Å². The van der Waals surface area contributed by atoms with Crippen molar-refractivity contribution in [3.8, 4) is 0 Å². The lowest BCUT2D eigenvalue weighted by molar-refractivity contribution is -0.141. The first-order valence-electron chi connectivity index (χ1n) is 7.16. The number of amides is 2. The van der Waals surface area contributed by atoms with E-state index < -0.39 is 0 Å². The van der Waals surface area contributed by atoms with Gasteiger partial charge in [-0.3, -0.25) is 14.5 Å². The number of aromatic nitrogens is 2. The molecule has 1 aromatic rings. The van der Waals surface area contributed by atoms with Crippen molar-refractivity contribution in [3.05, 3.63) is 17.6 Å². The average molecular weight is 289 g/mol. The zero-order valence-corrected chi connectivity index (χ0v) is 12.2. The molecular formula is C14H19N5O2. The van der Waals surface area contributed by atoms with E-state index in [1.54, 1.807) is 6.07 Å². The summed E-state index contributed by atoms with van der Waals surface area (Å²) in [6.45, 7) is 4.03. The Hall–Kier alpha value is -2.02. The van der Waals surface area contributed by atoms with Gasteiger partial charge in [-0.1, -0.05) is 6.92 Å². The molecule has 2 amide bonds. The summed E-state index contributed by atoms with van der Waals surface area (Å²) in [6.07, 6.45) is 1.60. The van der Waals surface area contributed by atoms with Gasteiger partial charge in [-0.05, 0) is 25.7 Å². The van der Waals surface area contributed by atoms with Gasteiger partial charge in [0.25, 0.3) is 0 Å². The minimum atomic E-state index is -0.149. The fraction of sp³-hybridized carbons (Fsp3) is 0.571. The maximum atomic E-state index is 12.4. The molecule has 1 aliphatic heterocycles. The van der Waals surface area contributed by atoms with E-state index in [4.69, 9.17) is 5.84 Å². The lowest BCUT2D eigenvalue weighted by Crippen LogP contribution is -2.32. The molecule has 0 radical (unpaired) electrons.